The summed E-state index contributed by atoms with van der Waals surface area (Å²) in [6.45, 7) is 6.60. The summed E-state index contributed by atoms with van der Waals surface area (Å²) < 4.78 is 36.9. The SMILES string of the molecule is CCN(C)/C=N/c1cc(C)c(C(=S)CCC(F)(F)F)cc1C. The van der Waals surface area contributed by atoms with Gasteiger partial charge in [0, 0.05) is 24.9 Å². The highest BCUT2D eigenvalue weighted by atomic mass is 32.1. The first-order valence-corrected chi connectivity index (χ1v) is 7.50. The zero-order valence-corrected chi connectivity index (χ0v) is 14.1. The van der Waals surface area contributed by atoms with Gasteiger partial charge >= 0.3 is 6.18 Å². The van der Waals surface area contributed by atoms with Gasteiger partial charge in [0.25, 0.3) is 0 Å². The lowest BCUT2D eigenvalue weighted by Crippen LogP contribution is -2.14. The Labute approximate surface area is 135 Å². The van der Waals surface area contributed by atoms with Crippen LogP contribution in [0.3, 0.4) is 0 Å². The second kappa shape index (κ2) is 7.72. The Hall–Kier alpha value is -1.43. The van der Waals surface area contributed by atoms with Crippen molar-refractivity contribution in [2.75, 3.05) is 13.6 Å². The second-order valence-electron chi connectivity index (χ2n) is 5.31. The highest BCUT2D eigenvalue weighted by Gasteiger charge is 2.27. The van der Waals surface area contributed by atoms with Gasteiger partial charge in [-0.25, -0.2) is 4.99 Å². The Morgan fingerprint density at radius 1 is 1.27 bits per heavy atom. The molecule has 1 aromatic rings. The molecule has 1 rings (SSSR count). The molecule has 22 heavy (non-hydrogen) atoms. The van der Waals surface area contributed by atoms with E-state index < -0.39 is 12.6 Å². The first-order chi connectivity index (χ1) is 10.1. The number of aryl methyl sites for hydroxylation is 2. The number of benzene rings is 1. The number of alkyl halides is 3. The van der Waals surface area contributed by atoms with Crippen LogP contribution in [-0.2, 0) is 0 Å². The zero-order chi connectivity index (χ0) is 16.9. The van der Waals surface area contributed by atoms with Crippen molar-refractivity contribution in [3.8, 4) is 0 Å². The maximum atomic E-state index is 12.3. The van der Waals surface area contributed by atoms with Crippen LogP contribution in [0.2, 0.25) is 0 Å². The van der Waals surface area contributed by atoms with Crippen LogP contribution >= 0.6 is 12.2 Å². The van der Waals surface area contributed by atoms with Crippen molar-refractivity contribution < 1.29 is 13.2 Å². The van der Waals surface area contributed by atoms with Gasteiger partial charge in [-0.15, -0.1) is 0 Å². The molecule has 0 unspecified atom stereocenters. The maximum Gasteiger partial charge on any atom is 0.389 e. The van der Waals surface area contributed by atoms with E-state index in [2.05, 4.69) is 4.99 Å². The molecule has 0 heterocycles. The van der Waals surface area contributed by atoms with Crippen molar-refractivity contribution in [1.82, 2.24) is 4.90 Å². The summed E-state index contributed by atoms with van der Waals surface area (Å²) in [4.78, 5) is 6.69. The lowest BCUT2D eigenvalue weighted by molar-refractivity contribution is -0.132. The van der Waals surface area contributed by atoms with Crippen LogP contribution in [0.1, 0.15) is 36.5 Å². The Morgan fingerprint density at radius 3 is 2.45 bits per heavy atom. The molecule has 0 aromatic heterocycles. The molecule has 6 heteroatoms. The summed E-state index contributed by atoms with van der Waals surface area (Å²) in [6, 6.07) is 3.69. The number of aliphatic imine (C=N–C) groups is 1. The number of nitrogens with zero attached hydrogens (tertiary/aromatic N) is 2. The second-order valence-corrected chi connectivity index (χ2v) is 5.80. The summed E-state index contributed by atoms with van der Waals surface area (Å²) in [7, 11) is 1.92. The summed E-state index contributed by atoms with van der Waals surface area (Å²) >= 11 is 5.16. The van der Waals surface area contributed by atoms with Crippen LogP contribution in [0.25, 0.3) is 0 Å². The summed E-state index contributed by atoms with van der Waals surface area (Å²) in [5.74, 6) is 0. The van der Waals surface area contributed by atoms with E-state index >= 15 is 0 Å². The molecule has 122 valence electrons. The number of rotatable bonds is 6. The minimum absolute atomic E-state index is 0.152. The number of hydrogen-bond acceptors (Lipinski definition) is 2. The molecule has 0 radical (unpaired) electrons. The first-order valence-electron chi connectivity index (χ1n) is 7.09. The third-order valence-corrected chi connectivity index (χ3v) is 3.80. The van der Waals surface area contributed by atoms with Crippen LogP contribution in [-0.4, -0.2) is 35.9 Å². The highest BCUT2D eigenvalue weighted by molar-refractivity contribution is 7.80. The first kappa shape index (κ1) is 18.6. The molecule has 0 aliphatic rings. The van der Waals surface area contributed by atoms with Crippen LogP contribution in [0.5, 0.6) is 0 Å². The zero-order valence-electron chi connectivity index (χ0n) is 13.3. The van der Waals surface area contributed by atoms with Gasteiger partial charge in [-0.1, -0.05) is 12.2 Å². The molecule has 0 spiro atoms. The molecule has 0 amide bonds. The van der Waals surface area contributed by atoms with Gasteiger partial charge in [0.15, 0.2) is 0 Å². The summed E-state index contributed by atoms with van der Waals surface area (Å²) in [5, 5.41) is 0. The minimum atomic E-state index is -4.18. The van der Waals surface area contributed by atoms with Gasteiger partial charge in [0.1, 0.15) is 0 Å². The van der Waals surface area contributed by atoms with E-state index in [4.69, 9.17) is 12.2 Å². The number of halogens is 3. The van der Waals surface area contributed by atoms with Crippen molar-refractivity contribution in [2.24, 2.45) is 4.99 Å². The molecule has 0 saturated heterocycles. The average Bonchev–Trinajstić information content (AvgIpc) is 2.44. The Morgan fingerprint density at radius 2 is 1.91 bits per heavy atom. The van der Waals surface area contributed by atoms with E-state index in [1.54, 1.807) is 6.34 Å². The predicted molar refractivity (Wildman–Crippen MR) is 89.4 cm³/mol. The fourth-order valence-corrected chi connectivity index (χ4v) is 2.19. The molecule has 1 aromatic carbocycles. The monoisotopic (exact) mass is 330 g/mol. The normalized spacial score (nSPS) is 12.0. The molecular weight excluding hydrogens is 309 g/mol. The Balaban J connectivity index is 2.94. The Kier molecular flexibility index (Phi) is 6.53. The number of hydrogen-bond donors (Lipinski definition) is 0. The van der Waals surface area contributed by atoms with Crippen molar-refractivity contribution in [3.05, 3.63) is 28.8 Å². The fraction of sp³-hybridized carbons (Fsp3) is 0.500. The lowest BCUT2D eigenvalue weighted by Gasteiger charge is -2.13. The molecule has 0 aliphatic carbocycles. The van der Waals surface area contributed by atoms with Crippen LogP contribution in [0.4, 0.5) is 18.9 Å². The quantitative estimate of drug-likeness (QED) is 0.316. The van der Waals surface area contributed by atoms with E-state index in [0.29, 0.717) is 10.4 Å². The van der Waals surface area contributed by atoms with E-state index in [9.17, 15) is 13.2 Å². The van der Waals surface area contributed by atoms with Gasteiger partial charge < -0.3 is 4.90 Å². The van der Waals surface area contributed by atoms with E-state index in [0.717, 1.165) is 23.4 Å². The third-order valence-electron chi connectivity index (χ3n) is 3.37. The lowest BCUT2D eigenvalue weighted by atomic mass is 9.99. The molecular formula is C16H21F3N2S. The van der Waals surface area contributed by atoms with Crippen LogP contribution in [0, 0.1) is 13.8 Å². The molecule has 2 nitrogen and oxygen atoms in total. The van der Waals surface area contributed by atoms with E-state index in [1.165, 1.54) is 0 Å². The van der Waals surface area contributed by atoms with Crippen LogP contribution < -0.4 is 0 Å². The maximum absolute atomic E-state index is 12.3. The van der Waals surface area contributed by atoms with Crippen molar-refractivity contribution in [3.63, 3.8) is 0 Å². The third kappa shape index (κ3) is 5.75. The molecule has 0 atom stereocenters. The molecule has 0 aliphatic heterocycles. The number of thiocarbonyl (C=S) groups is 1. The minimum Gasteiger partial charge on any atom is -0.366 e. The molecule has 0 fully saturated rings. The van der Waals surface area contributed by atoms with Gasteiger partial charge in [-0.05, 0) is 56.0 Å². The predicted octanol–water partition coefficient (Wildman–Crippen LogP) is 4.98. The molecule has 0 bridgehead atoms. The van der Waals surface area contributed by atoms with E-state index in [1.807, 2.05) is 44.9 Å². The molecule has 0 saturated carbocycles. The smallest absolute Gasteiger partial charge is 0.366 e. The van der Waals surface area contributed by atoms with E-state index in [-0.39, 0.29) is 6.42 Å². The van der Waals surface area contributed by atoms with Gasteiger partial charge in [-0.2, -0.15) is 13.2 Å². The van der Waals surface area contributed by atoms with Gasteiger partial charge in [0.2, 0.25) is 0 Å². The van der Waals surface area contributed by atoms with Gasteiger partial charge in [-0.3, -0.25) is 0 Å². The average molecular weight is 330 g/mol. The molecule has 0 N–H and O–H groups in total. The standard InChI is InChI=1S/C16H21F3N2S/c1-5-21(4)10-20-14-9-11(2)13(8-12(14)3)15(22)6-7-16(17,18)19/h8-10H,5-7H2,1-4H3/b20-10+. The largest absolute Gasteiger partial charge is 0.389 e. The highest BCUT2D eigenvalue weighted by Crippen LogP contribution is 2.27. The van der Waals surface area contributed by atoms with Crippen molar-refractivity contribution in [1.29, 1.82) is 0 Å². The fourth-order valence-electron chi connectivity index (χ4n) is 1.87. The van der Waals surface area contributed by atoms with Crippen LogP contribution in [0.15, 0.2) is 17.1 Å². The Bertz CT molecular complexity index is 565. The summed E-state index contributed by atoms with van der Waals surface area (Å²) in [5.41, 5.74) is 3.26. The van der Waals surface area contributed by atoms with Crippen molar-refractivity contribution in [2.45, 2.75) is 39.8 Å². The van der Waals surface area contributed by atoms with Gasteiger partial charge in [0.05, 0.1) is 12.0 Å². The van der Waals surface area contributed by atoms with Crippen molar-refractivity contribution >= 4 is 29.1 Å². The topological polar surface area (TPSA) is 15.6 Å². The summed E-state index contributed by atoms with van der Waals surface area (Å²) in [6.07, 6.45) is -3.47.